The van der Waals surface area contributed by atoms with Gasteiger partial charge in [0.25, 0.3) is 5.91 Å². The third-order valence-electron chi connectivity index (χ3n) is 3.51. The highest BCUT2D eigenvalue weighted by molar-refractivity contribution is 7.13. The van der Waals surface area contributed by atoms with E-state index in [1.807, 2.05) is 30.5 Å². The number of anilines is 1. The molecule has 7 heteroatoms. The normalized spacial score (nSPS) is 14.0. The van der Waals surface area contributed by atoms with Crippen LogP contribution < -0.4 is 5.32 Å². The van der Waals surface area contributed by atoms with Crippen molar-refractivity contribution in [2.45, 2.75) is 18.8 Å². The van der Waals surface area contributed by atoms with Crippen molar-refractivity contribution in [1.29, 1.82) is 0 Å². The minimum atomic E-state index is -0.214. The molecule has 0 atom stereocenters. The summed E-state index contributed by atoms with van der Waals surface area (Å²) in [6, 6.07) is 7.63. The Bertz CT molecular complexity index is 807. The number of benzene rings is 1. The Morgan fingerprint density at radius 1 is 1.27 bits per heavy atom. The zero-order valence-electron chi connectivity index (χ0n) is 11.6. The summed E-state index contributed by atoms with van der Waals surface area (Å²) in [5.74, 6) is 0.303. The SMILES string of the molecule is O=C(Nc1cccc(-c2cn[nH]c2)c1)c1nnc(C2CC2)s1. The second kappa shape index (κ2) is 5.34. The molecule has 1 saturated carbocycles. The first-order valence-corrected chi connectivity index (χ1v) is 7.85. The van der Waals surface area contributed by atoms with E-state index >= 15 is 0 Å². The van der Waals surface area contributed by atoms with Crippen molar-refractivity contribution in [3.8, 4) is 11.1 Å². The molecule has 0 radical (unpaired) electrons. The van der Waals surface area contributed by atoms with Gasteiger partial charge in [-0.1, -0.05) is 23.5 Å². The van der Waals surface area contributed by atoms with E-state index < -0.39 is 0 Å². The number of H-pyrrole nitrogens is 1. The van der Waals surface area contributed by atoms with Crippen molar-refractivity contribution >= 4 is 22.9 Å². The van der Waals surface area contributed by atoms with Gasteiger partial charge in [-0.25, -0.2) is 0 Å². The monoisotopic (exact) mass is 311 g/mol. The largest absolute Gasteiger partial charge is 0.320 e. The van der Waals surface area contributed by atoms with Gasteiger partial charge in [0.05, 0.1) is 6.20 Å². The van der Waals surface area contributed by atoms with Crippen LogP contribution in [0.4, 0.5) is 5.69 Å². The van der Waals surface area contributed by atoms with E-state index in [-0.39, 0.29) is 5.91 Å². The summed E-state index contributed by atoms with van der Waals surface area (Å²) in [7, 11) is 0. The van der Waals surface area contributed by atoms with Gasteiger partial charge in [0, 0.05) is 23.4 Å². The van der Waals surface area contributed by atoms with Crippen LogP contribution in [-0.4, -0.2) is 26.3 Å². The van der Waals surface area contributed by atoms with Crippen molar-refractivity contribution < 1.29 is 4.79 Å². The third-order valence-corrected chi connectivity index (χ3v) is 4.60. The Kier molecular flexibility index (Phi) is 3.19. The molecule has 1 aliphatic rings. The van der Waals surface area contributed by atoms with E-state index in [0.29, 0.717) is 10.9 Å². The van der Waals surface area contributed by atoms with E-state index in [1.54, 1.807) is 6.20 Å². The molecule has 4 rings (SSSR count). The number of aromatic amines is 1. The highest BCUT2D eigenvalue weighted by Crippen LogP contribution is 2.41. The lowest BCUT2D eigenvalue weighted by Crippen LogP contribution is -2.11. The number of rotatable bonds is 4. The molecule has 0 unspecified atom stereocenters. The Morgan fingerprint density at radius 3 is 2.95 bits per heavy atom. The van der Waals surface area contributed by atoms with Crippen LogP contribution in [0, 0.1) is 0 Å². The summed E-state index contributed by atoms with van der Waals surface area (Å²) in [6.45, 7) is 0. The lowest BCUT2D eigenvalue weighted by atomic mass is 10.1. The van der Waals surface area contributed by atoms with E-state index in [0.717, 1.165) is 34.7 Å². The number of hydrogen-bond acceptors (Lipinski definition) is 5. The number of carbonyl (C=O) groups excluding carboxylic acids is 1. The summed E-state index contributed by atoms with van der Waals surface area (Å²) in [5.41, 5.74) is 2.69. The van der Waals surface area contributed by atoms with Crippen molar-refractivity contribution in [2.24, 2.45) is 0 Å². The van der Waals surface area contributed by atoms with Crippen LogP contribution in [0.25, 0.3) is 11.1 Å². The zero-order valence-corrected chi connectivity index (χ0v) is 12.4. The van der Waals surface area contributed by atoms with Crippen LogP contribution in [0.15, 0.2) is 36.7 Å². The van der Waals surface area contributed by atoms with Gasteiger partial charge in [0.2, 0.25) is 5.01 Å². The number of aromatic nitrogens is 4. The van der Waals surface area contributed by atoms with Crippen LogP contribution in [0.5, 0.6) is 0 Å². The van der Waals surface area contributed by atoms with Gasteiger partial charge in [-0.2, -0.15) is 5.10 Å². The number of nitrogens with one attached hydrogen (secondary N) is 2. The first-order valence-electron chi connectivity index (χ1n) is 7.03. The summed E-state index contributed by atoms with van der Waals surface area (Å²) >= 11 is 1.38. The van der Waals surface area contributed by atoms with Crippen LogP contribution in [-0.2, 0) is 0 Å². The number of hydrogen-bond donors (Lipinski definition) is 2. The molecule has 2 N–H and O–H groups in total. The van der Waals surface area contributed by atoms with Crippen molar-refractivity contribution in [2.75, 3.05) is 5.32 Å². The predicted molar refractivity (Wildman–Crippen MR) is 83.9 cm³/mol. The van der Waals surface area contributed by atoms with Crippen LogP contribution in [0.1, 0.15) is 33.6 Å². The number of amides is 1. The molecule has 0 spiro atoms. The molecule has 2 aromatic heterocycles. The second-order valence-corrected chi connectivity index (χ2v) is 6.25. The topological polar surface area (TPSA) is 83.6 Å². The number of nitrogens with zero attached hydrogens (tertiary/aromatic N) is 3. The standard InChI is InChI=1S/C15H13N5OS/c21-13(15-20-19-14(22-15)9-4-5-9)18-12-3-1-2-10(6-12)11-7-16-17-8-11/h1-3,6-9H,4-5H2,(H,16,17)(H,18,21). The van der Waals surface area contributed by atoms with Crippen molar-refractivity contribution in [1.82, 2.24) is 20.4 Å². The van der Waals surface area contributed by atoms with Crippen LogP contribution >= 0.6 is 11.3 Å². The fourth-order valence-electron chi connectivity index (χ4n) is 2.19. The molecule has 1 aromatic carbocycles. The maximum absolute atomic E-state index is 12.2. The molecule has 3 aromatic rings. The van der Waals surface area contributed by atoms with E-state index in [4.69, 9.17) is 0 Å². The molecule has 1 amide bonds. The highest BCUT2D eigenvalue weighted by Gasteiger charge is 2.28. The Morgan fingerprint density at radius 2 is 2.18 bits per heavy atom. The molecule has 0 aliphatic heterocycles. The molecule has 0 saturated heterocycles. The highest BCUT2D eigenvalue weighted by atomic mass is 32.1. The average molecular weight is 311 g/mol. The Hall–Kier alpha value is -2.54. The minimum Gasteiger partial charge on any atom is -0.320 e. The Balaban J connectivity index is 1.52. The molecule has 22 heavy (non-hydrogen) atoms. The first kappa shape index (κ1) is 13.1. The van der Waals surface area contributed by atoms with E-state index in [2.05, 4.69) is 25.7 Å². The Labute approximate surface area is 130 Å². The van der Waals surface area contributed by atoms with Crippen LogP contribution in [0.2, 0.25) is 0 Å². The lowest BCUT2D eigenvalue weighted by molar-refractivity contribution is 0.102. The second-order valence-electron chi connectivity index (χ2n) is 5.24. The molecule has 110 valence electrons. The quantitative estimate of drug-likeness (QED) is 0.775. The first-order chi connectivity index (χ1) is 10.8. The van der Waals surface area contributed by atoms with Gasteiger partial charge >= 0.3 is 0 Å². The van der Waals surface area contributed by atoms with Crippen LogP contribution in [0.3, 0.4) is 0 Å². The lowest BCUT2D eigenvalue weighted by Gasteiger charge is -2.04. The molecule has 6 nitrogen and oxygen atoms in total. The summed E-state index contributed by atoms with van der Waals surface area (Å²) in [5, 5.41) is 19.0. The van der Waals surface area contributed by atoms with E-state index in [9.17, 15) is 4.79 Å². The molecule has 0 bridgehead atoms. The smallest absolute Gasteiger partial charge is 0.286 e. The molecular weight excluding hydrogens is 298 g/mol. The summed E-state index contributed by atoms with van der Waals surface area (Å²) in [4.78, 5) is 12.2. The molecular formula is C15H13N5OS. The van der Waals surface area contributed by atoms with Gasteiger partial charge in [0.1, 0.15) is 5.01 Å². The fraction of sp³-hybridized carbons (Fsp3) is 0.200. The summed E-state index contributed by atoms with van der Waals surface area (Å²) in [6.07, 6.45) is 5.87. The van der Waals surface area contributed by atoms with Gasteiger partial charge in [-0.15, -0.1) is 10.2 Å². The molecule has 2 heterocycles. The maximum atomic E-state index is 12.2. The van der Waals surface area contributed by atoms with Gasteiger partial charge < -0.3 is 5.32 Å². The molecule has 1 aliphatic carbocycles. The van der Waals surface area contributed by atoms with Crippen molar-refractivity contribution in [3.05, 3.63) is 46.7 Å². The van der Waals surface area contributed by atoms with Gasteiger partial charge in [0.15, 0.2) is 0 Å². The zero-order chi connectivity index (χ0) is 14.9. The molecule has 1 fully saturated rings. The third kappa shape index (κ3) is 2.62. The average Bonchev–Trinajstić information content (AvgIpc) is 3.06. The fourth-order valence-corrected chi connectivity index (χ4v) is 3.10. The number of carbonyl (C=O) groups is 1. The predicted octanol–water partition coefficient (Wildman–Crippen LogP) is 3.06. The summed E-state index contributed by atoms with van der Waals surface area (Å²) < 4.78 is 0. The van der Waals surface area contributed by atoms with Gasteiger partial charge in [-0.05, 0) is 30.5 Å². The van der Waals surface area contributed by atoms with E-state index in [1.165, 1.54) is 11.3 Å². The minimum absolute atomic E-state index is 0.214. The van der Waals surface area contributed by atoms with Gasteiger partial charge in [-0.3, -0.25) is 9.89 Å². The van der Waals surface area contributed by atoms with Crippen molar-refractivity contribution in [3.63, 3.8) is 0 Å². The maximum Gasteiger partial charge on any atom is 0.286 e.